The molecule has 2 aromatic rings. The first-order chi connectivity index (χ1) is 8.25. The molecular formula is C12H15ClN3OS-. The lowest BCUT2D eigenvalue weighted by molar-refractivity contribution is -0.00000413. The van der Waals surface area contributed by atoms with Gasteiger partial charge >= 0.3 is 0 Å². The minimum absolute atomic E-state index is 0. The van der Waals surface area contributed by atoms with E-state index in [2.05, 4.69) is 15.1 Å². The Morgan fingerprint density at radius 1 is 1.17 bits per heavy atom. The van der Waals surface area contributed by atoms with Gasteiger partial charge in [-0.05, 0) is 26.2 Å². The van der Waals surface area contributed by atoms with E-state index in [0.717, 1.165) is 17.9 Å². The summed E-state index contributed by atoms with van der Waals surface area (Å²) in [6.45, 7) is 0.994. The van der Waals surface area contributed by atoms with E-state index in [4.69, 9.17) is 4.42 Å². The second-order valence-corrected chi connectivity index (χ2v) is 4.94. The van der Waals surface area contributed by atoms with E-state index in [0.29, 0.717) is 11.1 Å². The van der Waals surface area contributed by atoms with Gasteiger partial charge in [0.05, 0.1) is 0 Å². The lowest BCUT2D eigenvalue weighted by atomic mass is 10.2. The standard InChI is InChI=1S/C12H15N3OS.ClH/c1-15(2)8-9-17-12-14-13-11(16-12)10-6-4-3-5-7-10;/h3-7H,8-9H2,1-2H3;1H/p-1. The summed E-state index contributed by atoms with van der Waals surface area (Å²) in [4.78, 5) is 2.13. The van der Waals surface area contributed by atoms with E-state index in [-0.39, 0.29) is 12.4 Å². The molecule has 0 fully saturated rings. The quantitative estimate of drug-likeness (QED) is 0.686. The highest BCUT2D eigenvalue weighted by atomic mass is 35.5. The molecule has 18 heavy (non-hydrogen) atoms. The molecule has 0 aliphatic carbocycles. The predicted octanol–water partition coefficient (Wildman–Crippen LogP) is -0.606. The average molecular weight is 285 g/mol. The Labute approximate surface area is 117 Å². The molecule has 0 spiro atoms. The maximum Gasteiger partial charge on any atom is 0.276 e. The molecule has 0 amide bonds. The van der Waals surface area contributed by atoms with Gasteiger partial charge in [-0.3, -0.25) is 0 Å². The van der Waals surface area contributed by atoms with E-state index >= 15 is 0 Å². The Kier molecular flexibility index (Phi) is 6.18. The summed E-state index contributed by atoms with van der Waals surface area (Å²) in [5.74, 6) is 1.53. The Hall–Kier alpha value is -1.04. The smallest absolute Gasteiger partial charge is 0.276 e. The monoisotopic (exact) mass is 284 g/mol. The van der Waals surface area contributed by atoms with Gasteiger partial charge in [0.1, 0.15) is 0 Å². The molecule has 1 aromatic heterocycles. The van der Waals surface area contributed by atoms with Crippen molar-refractivity contribution in [2.45, 2.75) is 5.22 Å². The van der Waals surface area contributed by atoms with E-state index < -0.39 is 0 Å². The number of aromatic nitrogens is 2. The highest BCUT2D eigenvalue weighted by molar-refractivity contribution is 7.99. The Morgan fingerprint density at radius 3 is 2.56 bits per heavy atom. The van der Waals surface area contributed by atoms with Crippen LogP contribution in [0.5, 0.6) is 0 Å². The van der Waals surface area contributed by atoms with Crippen molar-refractivity contribution in [1.29, 1.82) is 0 Å². The normalized spacial score (nSPS) is 10.4. The molecule has 0 N–H and O–H groups in total. The first kappa shape index (κ1) is 15.0. The zero-order chi connectivity index (χ0) is 12.1. The largest absolute Gasteiger partial charge is 1.00 e. The fourth-order valence-corrected chi connectivity index (χ4v) is 2.15. The van der Waals surface area contributed by atoms with E-state index in [9.17, 15) is 0 Å². The number of rotatable bonds is 5. The minimum Gasteiger partial charge on any atom is -1.00 e. The number of benzene rings is 1. The van der Waals surface area contributed by atoms with E-state index in [1.165, 1.54) is 0 Å². The molecule has 1 aromatic carbocycles. The third-order valence-electron chi connectivity index (χ3n) is 2.19. The lowest BCUT2D eigenvalue weighted by Gasteiger charge is -2.06. The van der Waals surface area contributed by atoms with Gasteiger partial charge < -0.3 is 21.7 Å². The molecule has 2 rings (SSSR count). The molecule has 0 aliphatic rings. The highest BCUT2D eigenvalue weighted by Crippen LogP contribution is 2.22. The molecule has 0 atom stereocenters. The van der Waals surface area contributed by atoms with Crippen LogP contribution in [0.25, 0.3) is 11.5 Å². The Morgan fingerprint density at radius 2 is 1.89 bits per heavy atom. The molecule has 0 saturated carbocycles. The van der Waals surface area contributed by atoms with Gasteiger partial charge in [-0.1, -0.05) is 30.0 Å². The number of halogens is 1. The highest BCUT2D eigenvalue weighted by Gasteiger charge is 2.08. The van der Waals surface area contributed by atoms with Gasteiger partial charge in [0.25, 0.3) is 5.22 Å². The molecule has 6 heteroatoms. The summed E-state index contributed by atoms with van der Waals surface area (Å²) in [6, 6.07) is 9.80. The molecule has 0 bridgehead atoms. The fourth-order valence-electron chi connectivity index (χ4n) is 1.28. The minimum atomic E-state index is 0. The van der Waals surface area contributed by atoms with Crippen LogP contribution in [0.4, 0.5) is 0 Å². The van der Waals surface area contributed by atoms with E-state index in [1.54, 1.807) is 11.8 Å². The second kappa shape index (κ2) is 7.41. The van der Waals surface area contributed by atoms with Crippen molar-refractivity contribution < 1.29 is 16.8 Å². The summed E-state index contributed by atoms with van der Waals surface area (Å²) in [7, 11) is 4.09. The topological polar surface area (TPSA) is 42.2 Å². The molecule has 1 heterocycles. The summed E-state index contributed by atoms with van der Waals surface area (Å²) in [5, 5.41) is 8.68. The van der Waals surface area contributed by atoms with Crippen LogP contribution in [0.3, 0.4) is 0 Å². The number of nitrogens with zero attached hydrogens (tertiary/aromatic N) is 3. The SMILES string of the molecule is CN(C)CCSc1nnc(-c2ccccc2)o1.[Cl-]. The average Bonchev–Trinajstić information content (AvgIpc) is 2.78. The lowest BCUT2D eigenvalue weighted by Crippen LogP contribution is -3.00. The van der Waals surface area contributed by atoms with Gasteiger partial charge in [-0.15, -0.1) is 10.2 Å². The van der Waals surface area contributed by atoms with Gasteiger partial charge in [0, 0.05) is 17.9 Å². The third kappa shape index (κ3) is 4.33. The number of hydrogen-bond donors (Lipinski definition) is 0. The summed E-state index contributed by atoms with van der Waals surface area (Å²) >= 11 is 1.58. The predicted molar refractivity (Wildman–Crippen MR) is 69.0 cm³/mol. The second-order valence-electron chi connectivity index (χ2n) is 3.89. The van der Waals surface area contributed by atoms with Crippen LogP contribution >= 0.6 is 11.8 Å². The van der Waals surface area contributed by atoms with Crippen LogP contribution in [-0.4, -0.2) is 41.5 Å². The maximum atomic E-state index is 5.57. The van der Waals surface area contributed by atoms with Crippen molar-refractivity contribution in [3.8, 4) is 11.5 Å². The number of hydrogen-bond acceptors (Lipinski definition) is 5. The van der Waals surface area contributed by atoms with Crippen LogP contribution < -0.4 is 12.4 Å². The molecule has 98 valence electrons. The molecule has 0 radical (unpaired) electrons. The number of thioether (sulfide) groups is 1. The van der Waals surface area contributed by atoms with Crippen LogP contribution in [0, 0.1) is 0 Å². The van der Waals surface area contributed by atoms with Crippen molar-refractivity contribution in [1.82, 2.24) is 15.1 Å². The van der Waals surface area contributed by atoms with Gasteiger partial charge in [0.2, 0.25) is 5.89 Å². The van der Waals surface area contributed by atoms with Crippen LogP contribution in [0.15, 0.2) is 40.0 Å². The van der Waals surface area contributed by atoms with Gasteiger partial charge in [-0.2, -0.15) is 0 Å². The summed E-state index contributed by atoms with van der Waals surface area (Å²) < 4.78 is 5.57. The zero-order valence-corrected chi connectivity index (χ0v) is 11.9. The van der Waals surface area contributed by atoms with Crippen LogP contribution in [-0.2, 0) is 0 Å². The fraction of sp³-hybridized carbons (Fsp3) is 0.333. The Bertz CT molecular complexity index is 461. The third-order valence-corrected chi connectivity index (χ3v) is 2.99. The molecular weight excluding hydrogens is 270 g/mol. The molecule has 0 saturated heterocycles. The van der Waals surface area contributed by atoms with E-state index in [1.807, 2.05) is 44.4 Å². The molecule has 0 aliphatic heterocycles. The molecule has 4 nitrogen and oxygen atoms in total. The van der Waals surface area contributed by atoms with Crippen molar-refractivity contribution in [3.63, 3.8) is 0 Å². The first-order valence-corrected chi connectivity index (χ1v) is 6.41. The molecule has 0 unspecified atom stereocenters. The maximum absolute atomic E-state index is 5.57. The zero-order valence-electron chi connectivity index (χ0n) is 10.3. The summed E-state index contributed by atoms with van der Waals surface area (Å²) in [6.07, 6.45) is 0. The Balaban J connectivity index is 0.00000162. The van der Waals surface area contributed by atoms with Gasteiger partial charge in [0.15, 0.2) is 0 Å². The van der Waals surface area contributed by atoms with Crippen molar-refractivity contribution >= 4 is 11.8 Å². The summed E-state index contributed by atoms with van der Waals surface area (Å²) in [5.41, 5.74) is 0.958. The van der Waals surface area contributed by atoms with Crippen molar-refractivity contribution in [3.05, 3.63) is 30.3 Å². The van der Waals surface area contributed by atoms with Gasteiger partial charge in [-0.25, -0.2) is 0 Å². The van der Waals surface area contributed by atoms with Crippen molar-refractivity contribution in [2.75, 3.05) is 26.4 Å². The van der Waals surface area contributed by atoms with Crippen LogP contribution in [0.2, 0.25) is 0 Å². The van der Waals surface area contributed by atoms with Crippen LogP contribution in [0.1, 0.15) is 0 Å². The van der Waals surface area contributed by atoms with Crippen molar-refractivity contribution in [2.24, 2.45) is 0 Å². The first-order valence-electron chi connectivity index (χ1n) is 5.42.